The van der Waals surface area contributed by atoms with E-state index in [0.717, 1.165) is 56.6 Å². The summed E-state index contributed by atoms with van der Waals surface area (Å²) < 4.78 is 2.48. The number of fused-ring (bicyclic) bond motifs is 7. The summed E-state index contributed by atoms with van der Waals surface area (Å²) in [7, 11) is 0. The first-order valence-corrected chi connectivity index (χ1v) is 37.8. The van der Waals surface area contributed by atoms with Gasteiger partial charge in [0.05, 0.1) is 32.3 Å². The molecule has 4 nitrogen and oxygen atoms in total. The van der Waals surface area contributed by atoms with Crippen LogP contribution in [0.3, 0.4) is 0 Å². The molecule has 0 atom stereocenters. The third kappa shape index (κ3) is 9.86. The zero-order valence-corrected chi connectivity index (χ0v) is 57.9. The summed E-state index contributed by atoms with van der Waals surface area (Å²) in [5, 5.41) is 12.4. The fourth-order valence-corrected chi connectivity index (χ4v) is 21.8. The zero-order chi connectivity index (χ0) is 61.4. The summed E-state index contributed by atoms with van der Waals surface area (Å²) in [6.07, 6.45) is 3.76. The molecule has 446 valence electrons. The number of nitrogens with zero attached hydrogens (tertiary/aromatic N) is 2. The molecule has 0 spiro atoms. The number of carbonyl (C=O) groups excluding carboxylic acids is 2. The molecular weight excluding hydrogens is 1250 g/mol. The molecule has 0 saturated carbocycles. The van der Waals surface area contributed by atoms with Crippen molar-refractivity contribution in [2.75, 3.05) is 13.1 Å². The monoisotopic (exact) mass is 1320 g/mol. The van der Waals surface area contributed by atoms with E-state index in [9.17, 15) is 0 Å². The molecule has 8 aromatic heterocycles. The van der Waals surface area contributed by atoms with E-state index in [4.69, 9.17) is 0 Å². The lowest BCUT2D eigenvalue weighted by Crippen LogP contribution is -2.34. The molecule has 0 fully saturated rings. The molecule has 0 aliphatic carbocycles. The molecule has 0 N–H and O–H groups in total. The van der Waals surface area contributed by atoms with Gasteiger partial charge in [-0.25, -0.2) is 0 Å². The Kier molecular flexibility index (Phi) is 14.8. The van der Waals surface area contributed by atoms with E-state index in [-0.39, 0.29) is 23.7 Å². The van der Waals surface area contributed by atoms with Crippen LogP contribution in [0.2, 0.25) is 0 Å². The van der Waals surface area contributed by atoms with Crippen LogP contribution in [-0.4, -0.2) is 34.7 Å². The molecule has 2 aliphatic rings. The number of amides is 2. The average molecular weight is 1320 g/mol. The van der Waals surface area contributed by atoms with Crippen molar-refractivity contribution in [1.82, 2.24) is 9.80 Å². The van der Waals surface area contributed by atoms with Crippen LogP contribution in [-0.2, 0) is 9.59 Å². The number of rotatable bonds is 16. The first kappa shape index (κ1) is 58.0. The minimum Gasteiger partial charge on any atom is -0.306 e. The quantitative estimate of drug-likeness (QED) is 0.0905. The minimum absolute atomic E-state index is 0.0569. The molecule has 2 aliphatic heterocycles. The maximum Gasteiger partial charge on any atom is 0.261 e. The lowest BCUT2D eigenvalue weighted by atomic mass is 9.94. The first-order chi connectivity index (χ1) is 43.8. The van der Waals surface area contributed by atoms with Crippen LogP contribution in [0.4, 0.5) is 0 Å². The van der Waals surface area contributed by atoms with Crippen molar-refractivity contribution in [2.24, 2.45) is 11.8 Å². The number of thiophene rings is 8. The molecule has 0 bridgehead atoms. The van der Waals surface area contributed by atoms with Gasteiger partial charge in [-0.05, 0) is 249 Å². The van der Waals surface area contributed by atoms with Crippen LogP contribution < -0.4 is 0 Å². The Morgan fingerprint density at radius 1 is 0.300 bits per heavy atom. The van der Waals surface area contributed by atoms with Crippen molar-refractivity contribution in [3.63, 3.8) is 0 Å². The van der Waals surface area contributed by atoms with E-state index >= 15 is 9.59 Å². The van der Waals surface area contributed by atoms with Crippen molar-refractivity contribution < 1.29 is 9.59 Å². The van der Waals surface area contributed by atoms with Crippen LogP contribution in [0.25, 0.3) is 136 Å². The Morgan fingerprint density at radius 3 is 0.900 bits per heavy atom. The van der Waals surface area contributed by atoms with Gasteiger partial charge in [-0.2, -0.15) is 0 Å². The van der Waals surface area contributed by atoms with E-state index in [1.807, 2.05) is 77.8 Å². The Labute approximate surface area is 557 Å². The SMILES string of the molecule is CCC(CC)CN1C(=O)C2=C(c3ccc(-c4cc5cc6cc7c(-c8ccc(C)s8)ccc(-c8ccc(C)s8)c7cc6cc5s4)s3)N(CC(CC)CC)C(=O)C2=C1c1ccc(-c2cc3cc4cc5c(-c6ccc(C)s6)ccc(-c6ccc(C)s6)c5cc4cc3s2)s1. The van der Waals surface area contributed by atoms with Crippen LogP contribution in [0.5, 0.6) is 0 Å². The number of benzene rings is 6. The number of carbonyl (C=O) groups is 2. The molecular formula is C78H64N2O2S8. The maximum absolute atomic E-state index is 15.7. The lowest BCUT2D eigenvalue weighted by Gasteiger charge is -2.28. The van der Waals surface area contributed by atoms with Gasteiger partial charge in [0.1, 0.15) is 0 Å². The molecule has 2 amide bonds. The predicted octanol–water partition coefficient (Wildman–Crippen LogP) is 25.0. The van der Waals surface area contributed by atoms with Gasteiger partial charge in [-0.1, -0.05) is 77.6 Å². The van der Waals surface area contributed by atoms with Crippen molar-refractivity contribution in [2.45, 2.75) is 81.1 Å². The smallest absolute Gasteiger partial charge is 0.261 e. The van der Waals surface area contributed by atoms with Crippen molar-refractivity contribution in [3.05, 3.63) is 198 Å². The average Bonchev–Trinajstić information content (AvgIpc) is 1.54. The normalized spacial score (nSPS) is 13.9. The largest absolute Gasteiger partial charge is 0.306 e. The third-order valence-electron chi connectivity index (χ3n) is 18.8. The van der Waals surface area contributed by atoms with Gasteiger partial charge in [0.2, 0.25) is 0 Å². The number of hydrogen-bond donors (Lipinski definition) is 0. The maximum atomic E-state index is 15.7. The fourth-order valence-electron chi connectivity index (χ4n) is 13.7. The van der Waals surface area contributed by atoms with E-state index in [1.54, 1.807) is 22.7 Å². The molecule has 0 unspecified atom stereocenters. The van der Waals surface area contributed by atoms with Gasteiger partial charge in [0.15, 0.2) is 0 Å². The van der Waals surface area contributed by atoms with Gasteiger partial charge < -0.3 is 9.80 Å². The highest BCUT2D eigenvalue weighted by Crippen LogP contribution is 2.53. The minimum atomic E-state index is -0.0569. The Balaban J connectivity index is 0.789. The van der Waals surface area contributed by atoms with Gasteiger partial charge in [-0.15, -0.1) is 90.7 Å². The zero-order valence-electron chi connectivity index (χ0n) is 51.4. The summed E-state index contributed by atoms with van der Waals surface area (Å²) in [6.45, 7) is 18.7. The fraction of sp³-hybridized carbons (Fsp3) is 0.205. The van der Waals surface area contributed by atoms with Gasteiger partial charge >= 0.3 is 0 Å². The summed E-state index contributed by atoms with van der Waals surface area (Å²) in [4.78, 5) is 52.3. The summed E-state index contributed by atoms with van der Waals surface area (Å²) in [5.41, 5.74) is 7.78. The van der Waals surface area contributed by atoms with E-state index in [1.165, 1.54) is 134 Å². The molecule has 14 aromatic rings. The van der Waals surface area contributed by atoms with Crippen LogP contribution in [0, 0.1) is 39.5 Å². The highest BCUT2D eigenvalue weighted by molar-refractivity contribution is 7.27. The predicted molar refractivity (Wildman–Crippen MR) is 398 cm³/mol. The Morgan fingerprint density at radius 2 is 0.600 bits per heavy atom. The molecule has 12 heteroatoms. The molecule has 90 heavy (non-hydrogen) atoms. The molecule has 10 heterocycles. The molecule has 16 rings (SSSR count). The lowest BCUT2D eigenvalue weighted by molar-refractivity contribution is -0.124. The summed E-state index contributed by atoms with van der Waals surface area (Å²) in [5.74, 6) is 0.447. The highest BCUT2D eigenvalue weighted by atomic mass is 32.1. The standard InChI is InChI=1S/C78H64N2O2S8/c1-9-45(10-2)39-79-75(67-27-25-65(87-67)71-37-51-29-47-31-57-53(61-21-13-41(5)83-61)17-19-55(63-23-15-43(7)85-63)59(57)33-49(47)35-69(51)89-71)73-74(77(79)81)76(80(78(73)82)40-46(11-3)12-4)68-28-26-66(88-68)72-38-52-30-48-32-58-54(62-22-14-42(6)84-62)18-20-56(64-24-16-44(8)86-64)60(58)34-50(48)36-70(52)90-72/h13-38,45-46H,9-12,39-40H2,1-8H3. The van der Waals surface area contributed by atoms with Crippen molar-refractivity contribution in [3.8, 4) is 61.3 Å². The van der Waals surface area contributed by atoms with E-state index < -0.39 is 0 Å². The topological polar surface area (TPSA) is 40.6 Å². The van der Waals surface area contributed by atoms with Gasteiger partial charge in [0, 0.05) is 81.0 Å². The second kappa shape index (κ2) is 22.9. The van der Waals surface area contributed by atoms with Crippen molar-refractivity contribution >= 4 is 177 Å². The van der Waals surface area contributed by atoms with Gasteiger partial charge in [0.25, 0.3) is 11.8 Å². The number of aryl methyl sites for hydroxylation is 4. The van der Waals surface area contributed by atoms with Crippen LogP contribution in [0.1, 0.15) is 82.6 Å². The third-order valence-corrected chi connectivity index (χ3v) is 27.7. The number of hydrogen-bond acceptors (Lipinski definition) is 10. The summed E-state index contributed by atoms with van der Waals surface area (Å²) in [6, 6.07) is 59.9. The second-order valence-corrected chi connectivity index (χ2v) is 33.9. The molecule has 0 saturated heterocycles. The van der Waals surface area contributed by atoms with Crippen molar-refractivity contribution in [1.29, 1.82) is 0 Å². The second-order valence-electron chi connectivity index (χ2n) is 24.4. The van der Waals surface area contributed by atoms with Crippen LogP contribution >= 0.6 is 90.7 Å². The Hall–Kier alpha value is -7.10. The first-order valence-electron chi connectivity index (χ1n) is 31.3. The highest BCUT2D eigenvalue weighted by Gasteiger charge is 2.50. The summed E-state index contributed by atoms with van der Waals surface area (Å²) >= 11 is 14.5. The van der Waals surface area contributed by atoms with E-state index in [2.05, 4.69) is 213 Å². The molecule has 6 aromatic carbocycles. The van der Waals surface area contributed by atoms with E-state index in [0.29, 0.717) is 24.2 Å². The van der Waals surface area contributed by atoms with Crippen LogP contribution in [0.15, 0.2) is 169 Å². The molecule has 0 radical (unpaired) electrons. The Bertz CT molecular complexity index is 4770. The van der Waals surface area contributed by atoms with Gasteiger partial charge in [-0.3, -0.25) is 9.59 Å².